The molecule has 0 fully saturated rings. The number of carboxylic acids is 1. The standard InChI is InChI=1S/C7H3Cl3O4/c8-7(9,10)5(11)3-1-2-4(14-3)6(12)13/h1-2H,(H,12,13). The lowest BCUT2D eigenvalue weighted by molar-refractivity contribution is 0.0660. The van der Waals surface area contributed by atoms with Gasteiger partial charge in [0.25, 0.3) is 3.79 Å². The first-order valence-corrected chi connectivity index (χ1v) is 4.40. The van der Waals surface area contributed by atoms with Gasteiger partial charge in [0.15, 0.2) is 5.76 Å². The summed E-state index contributed by atoms with van der Waals surface area (Å²) in [6, 6.07) is 2.24. The molecule has 0 saturated heterocycles. The summed E-state index contributed by atoms with van der Waals surface area (Å²) in [6.45, 7) is 0. The van der Waals surface area contributed by atoms with E-state index >= 15 is 0 Å². The second-order valence-electron chi connectivity index (χ2n) is 2.30. The van der Waals surface area contributed by atoms with Crippen LogP contribution in [-0.2, 0) is 0 Å². The summed E-state index contributed by atoms with van der Waals surface area (Å²) in [5, 5.41) is 8.48. The second kappa shape index (κ2) is 3.81. The van der Waals surface area contributed by atoms with Gasteiger partial charge in [-0.25, -0.2) is 4.79 Å². The van der Waals surface area contributed by atoms with Crippen molar-refractivity contribution in [3.8, 4) is 0 Å². The van der Waals surface area contributed by atoms with Crippen LogP contribution in [0.4, 0.5) is 0 Å². The second-order valence-corrected chi connectivity index (χ2v) is 4.58. The fraction of sp³-hybridized carbons (Fsp3) is 0.143. The van der Waals surface area contributed by atoms with Gasteiger partial charge < -0.3 is 9.52 Å². The van der Waals surface area contributed by atoms with E-state index in [1.54, 1.807) is 0 Å². The van der Waals surface area contributed by atoms with Crippen molar-refractivity contribution in [3.05, 3.63) is 23.7 Å². The number of carboxylic acid groups (broad SMARTS) is 1. The number of hydrogen-bond acceptors (Lipinski definition) is 3. The number of rotatable bonds is 2. The van der Waals surface area contributed by atoms with Crippen LogP contribution in [0.1, 0.15) is 21.1 Å². The summed E-state index contributed by atoms with van der Waals surface area (Å²) in [5.74, 6) is -2.90. The largest absolute Gasteiger partial charge is 0.475 e. The van der Waals surface area contributed by atoms with Gasteiger partial charge in [-0.2, -0.15) is 0 Å². The number of alkyl halides is 3. The molecule has 1 aromatic rings. The van der Waals surface area contributed by atoms with E-state index in [9.17, 15) is 9.59 Å². The van der Waals surface area contributed by atoms with Gasteiger partial charge in [0.1, 0.15) is 0 Å². The highest BCUT2D eigenvalue weighted by molar-refractivity contribution is 6.77. The molecule has 0 unspecified atom stereocenters. The number of ketones is 1. The van der Waals surface area contributed by atoms with Crippen LogP contribution in [-0.4, -0.2) is 20.7 Å². The normalized spacial score (nSPS) is 11.4. The number of carbonyl (C=O) groups excluding carboxylic acids is 1. The number of halogens is 3. The molecule has 1 N–H and O–H groups in total. The van der Waals surface area contributed by atoms with Crippen LogP contribution >= 0.6 is 34.8 Å². The van der Waals surface area contributed by atoms with Crippen molar-refractivity contribution in [2.75, 3.05) is 0 Å². The average molecular weight is 257 g/mol. The quantitative estimate of drug-likeness (QED) is 0.653. The molecule has 0 aliphatic carbocycles. The van der Waals surface area contributed by atoms with Crippen molar-refractivity contribution in [2.24, 2.45) is 0 Å². The summed E-state index contributed by atoms with van der Waals surface area (Å²) in [7, 11) is 0. The Labute approximate surface area is 93.3 Å². The molecule has 7 heteroatoms. The molecule has 0 atom stereocenters. The Morgan fingerprint density at radius 2 is 1.71 bits per heavy atom. The van der Waals surface area contributed by atoms with Crippen LogP contribution in [0.15, 0.2) is 16.5 Å². The van der Waals surface area contributed by atoms with Gasteiger partial charge in [0, 0.05) is 0 Å². The molecule has 1 heterocycles. The van der Waals surface area contributed by atoms with Gasteiger partial charge in [0.05, 0.1) is 0 Å². The van der Waals surface area contributed by atoms with Crippen molar-refractivity contribution < 1.29 is 19.1 Å². The van der Waals surface area contributed by atoms with Crippen LogP contribution < -0.4 is 0 Å². The van der Waals surface area contributed by atoms with Crippen molar-refractivity contribution >= 4 is 46.6 Å². The Bertz CT molecular complexity index is 377. The predicted molar refractivity (Wildman–Crippen MR) is 50.3 cm³/mol. The third-order valence-electron chi connectivity index (χ3n) is 1.30. The van der Waals surface area contributed by atoms with Crippen LogP contribution in [0.3, 0.4) is 0 Å². The molecule has 0 saturated carbocycles. The summed E-state index contributed by atoms with van der Waals surface area (Å²) in [6.07, 6.45) is 0. The van der Waals surface area contributed by atoms with Crippen molar-refractivity contribution in [1.82, 2.24) is 0 Å². The highest BCUT2D eigenvalue weighted by atomic mass is 35.6. The minimum absolute atomic E-state index is 0.303. The maximum atomic E-state index is 11.2. The van der Waals surface area contributed by atoms with E-state index in [0.717, 1.165) is 12.1 Å². The van der Waals surface area contributed by atoms with Crippen LogP contribution in [0.25, 0.3) is 0 Å². The zero-order valence-electron chi connectivity index (χ0n) is 6.46. The molecule has 0 aliphatic rings. The summed E-state index contributed by atoms with van der Waals surface area (Å²) in [4.78, 5) is 21.6. The predicted octanol–water partition coefficient (Wildman–Crippen LogP) is 2.53. The fourth-order valence-electron chi connectivity index (χ4n) is 0.715. The highest BCUT2D eigenvalue weighted by Gasteiger charge is 2.34. The van der Waals surface area contributed by atoms with Gasteiger partial charge in [-0.3, -0.25) is 4.79 Å². The molecule has 0 radical (unpaired) electrons. The highest BCUT2D eigenvalue weighted by Crippen LogP contribution is 2.30. The molecule has 4 nitrogen and oxygen atoms in total. The van der Waals surface area contributed by atoms with Gasteiger partial charge in [-0.15, -0.1) is 0 Å². The van der Waals surface area contributed by atoms with Gasteiger partial charge in [-0.1, -0.05) is 34.8 Å². The lowest BCUT2D eigenvalue weighted by Gasteiger charge is -2.05. The molecule has 0 bridgehead atoms. The monoisotopic (exact) mass is 256 g/mol. The Hall–Kier alpha value is -0.710. The van der Waals surface area contributed by atoms with E-state index in [4.69, 9.17) is 39.9 Å². The smallest absolute Gasteiger partial charge is 0.371 e. The van der Waals surface area contributed by atoms with Gasteiger partial charge in [-0.05, 0) is 12.1 Å². The lowest BCUT2D eigenvalue weighted by Crippen LogP contribution is -2.18. The molecule has 76 valence electrons. The molecule has 1 aromatic heterocycles. The summed E-state index contributed by atoms with van der Waals surface area (Å²) < 4.78 is 2.49. The number of furan rings is 1. The topological polar surface area (TPSA) is 67.5 Å². The number of carbonyl (C=O) groups is 2. The molecule has 14 heavy (non-hydrogen) atoms. The van der Waals surface area contributed by atoms with E-state index in [1.165, 1.54) is 0 Å². The minimum atomic E-state index is -2.15. The third kappa shape index (κ3) is 2.41. The van der Waals surface area contributed by atoms with E-state index in [0.29, 0.717) is 0 Å². The number of aromatic carboxylic acids is 1. The van der Waals surface area contributed by atoms with Crippen LogP contribution in [0, 0.1) is 0 Å². The van der Waals surface area contributed by atoms with Gasteiger partial charge in [0.2, 0.25) is 11.5 Å². The molecule has 0 amide bonds. The van der Waals surface area contributed by atoms with E-state index in [1.807, 2.05) is 0 Å². The van der Waals surface area contributed by atoms with Gasteiger partial charge >= 0.3 is 5.97 Å². The Morgan fingerprint density at radius 1 is 1.21 bits per heavy atom. The Kier molecular flexibility index (Phi) is 3.09. The maximum Gasteiger partial charge on any atom is 0.371 e. The van der Waals surface area contributed by atoms with Crippen molar-refractivity contribution in [1.29, 1.82) is 0 Å². The molecular weight excluding hydrogens is 254 g/mol. The van der Waals surface area contributed by atoms with E-state index < -0.39 is 15.5 Å². The Balaban J connectivity index is 2.99. The number of hydrogen-bond donors (Lipinski definition) is 1. The molecule has 0 aliphatic heterocycles. The van der Waals surface area contributed by atoms with E-state index in [2.05, 4.69) is 4.42 Å². The minimum Gasteiger partial charge on any atom is -0.475 e. The molecule has 1 rings (SSSR count). The fourth-order valence-corrected chi connectivity index (χ4v) is 0.994. The Morgan fingerprint density at radius 3 is 2.07 bits per heavy atom. The lowest BCUT2D eigenvalue weighted by atomic mass is 10.3. The van der Waals surface area contributed by atoms with Crippen molar-refractivity contribution in [2.45, 2.75) is 3.79 Å². The summed E-state index contributed by atoms with van der Waals surface area (Å²) >= 11 is 15.8. The molecule has 0 spiro atoms. The van der Waals surface area contributed by atoms with Crippen LogP contribution in [0.2, 0.25) is 0 Å². The maximum absolute atomic E-state index is 11.2. The third-order valence-corrected chi connectivity index (χ3v) is 1.81. The molecule has 0 aromatic carbocycles. The first-order valence-electron chi connectivity index (χ1n) is 3.27. The van der Waals surface area contributed by atoms with Crippen molar-refractivity contribution in [3.63, 3.8) is 0 Å². The first-order chi connectivity index (χ1) is 6.32. The van der Waals surface area contributed by atoms with E-state index in [-0.39, 0.29) is 11.5 Å². The zero-order chi connectivity index (χ0) is 10.9. The zero-order valence-corrected chi connectivity index (χ0v) is 8.73. The first kappa shape index (κ1) is 11.4. The molecular formula is C7H3Cl3O4. The SMILES string of the molecule is O=C(O)c1ccc(C(=O)C(Cl)(Cl)Cl)o1. The number of Topliss-reactive ketones (excluding diaryl/α,β-unsaturated/α-hetero) is 1. The van der Waals surface area contributed by atoms with Crippen LogP contribution in [0.5, 0.6) is 0 Å². The summed E-state index contributed by atoms with van der Waals surface area (Å²) in [5.41, 5.74) is 0. The average Bonchev–Trinajstić information content (AvgIpc) is 2.48.